The molecule has 0 spiro atoms. The molecule has 4 heterocycles. The lowest BCUT2D eigenvalue weighted by Gasteiger charge is -2.25. The Morgan fingerprint density at radius 3 is 2.59 bits per heavy atom. The molecule has 0 radical (unpaired) electrons. The third-order valence-electron chi connectivity index (χ3n) is 5.64. The summed E-state index contributed by atoms with van der Waals surface area (Å²) in [6.45, 7) is 2.61. The van der Waals surface area contributed by atoms with Crippen LogP contribution >= 0.6 is 23.8 Å². The maximum Gasteiger partial charge on any atom is 0.170 e. The molecule has 5 rings (SSSR count). The van der Waals surface area contributed by atoms with Gasteiger partial charge >= 0.3 is 0 Å². The molecule has 1 saturated heterocycles. The first kappa shape index (κ1) is 20.7. The van der Waals surface area contributed by atoms with Crippen molar-refractivity contribution in [2.24, 2.45) is 0 Å². The van der Waals surface area contributed by atoms with Crippen molar-refractivity contribution in [3.05, 3.63) is 107 Å². The van der Waals surface area contributed by atoms with Crippen molar-refractivity contribution in [3.63, 3.8) is 0 Å². The normalized spacial score (nSPS) is 18.1. The van der Waals surface area contributed by atoms with Gasteiger partial charge in [0.1, 0.15) is 17.6 Å². The summed E-state index contributed by atoms with van der Waals surface area (Å²) in [6.07, 6.45) is 3.58. The Morgan fingerprint density at radius 1 is 1.03 bits per heavy atom. The van der Waals surface area contributed by atoms with Gasteiger partial charge in [-0.2, -0.15) is 0 Å². The number of furan rings is 1. The van der Waals surface area contributed by atoms with Crippen molar-refractivity contribution in [3.8, 4) is 11.3 Å². The molecule has 0 amide bonds. The minimum atomic E-state index is -0.173. The van der Waals surface area contributed by atoms with Crippen LogP contribution in [0.4, 0.5) is 0 Å². The van der Waals surface area contributed by atoms with Crippen LogP contribution in [0.2, 0.25) is 5.02 Å². The second-order valence-electron chi connectivity index (χ2n) is 7.74. The Bertz CT molecular complexity index is 1250. The van der Waals surface area contributed by atoms with Crippen molar-refractivity contribution in [2.45, 2.75) is 25.6 Å². The zero-order valence-corrected chi connectivity index (χ0v) is 19.0. The largest absolute Gasteiger partial charge is 0.459 e. The first-order chi connectivity index (χ1) is 15.6. The number of aryl methyl sites for hydroxylation is 1. The van der Waals surface area contributed by atoms with E-state index in [9.17, 15) is 0 Å². The van der Waals surface area contributed by atoms with Crippen LogP contribution in [0.3, 0.4) is 0 Å². The molecule has 0 bridgehead atoms. The molecule has 1 aliphatic heterocycles. The van der Waals surface area contributed by atoms with Crippen LogP contribution < -0.4 is 5.32 Å². The van der Waals surface area contributed by atoms with E-state index in [0.717, 1.165) is 34.0 Å². The standard InChI is InChI=1S/C25H21ClN4OS/c1-16-8-9-17(26)14-19(16)21-10-11-22(31-21)24-23(20-7-3-5-13-28-20)29-25(32)30(24)15-18-6-2-4-12-27-18/h2-14,23-24H,15H2,1H3,(H,29,32)/t23-,24-/m0/s1. The Morgan fingerprint density at radius 2 is 1.84 bits per heavy atom. The highest BCUT2D eigenvalue weighted by atomic mass is 35.5. The van der Waals surface area contributed by atoms with E-state index in [1.54, 1.807) is 12.4 Å². The zero-order valence-electron chi connectivity index (χ0n) is 17.4. The van der Waals surface area contributed by atoms with Gasteiger partial charge in [-0.1, -0.05) is 29.8 Å². The van der Waals surface area contributed by atoms with Crippen LogP contribution in [0.15, 0.2) is 83.5 Å². The minimum Gasteiger partial charge on any atom is -0.459 e. The van der Waals surface area contributed by atoms with Crippen LogP contribution in [0.5, 0.6) is 0 Å². The Labute approximate surface area is 197 Å². The molecule has 7 heteroatoms. The van der Waals surface area contributed by atoms with Gasteiger partial charge in [0.05, 0.1) is 24.0 Å². The van der Waals surface area contributed by atoms with Gasteiger partial charge in [0.15, 0.2) is 5.11 Å². The van der Waals surface area contributed by atoms with E-state index in [1.165, 1.54) is 0 Å². The molecule has 1 aromatic carbocycles. The van der Waals surface area contributed by atoms with Crippen molar-refractivity contribution >= 4 is 28.9 Å². The van der Waals surface area contributed by atoms with Crippen molar-refractivity contribution < 1.29 is 4.42 Å². The van der Waals surface area contributed by atoms with E-state index in [0.29, 0.717) is 16.7 Å². The Balaban J connectivity index is 1.56. The van der Waals surface area contributed by atoms with Crippen molar-refractivity contribution in [1.82, 2.24) is 20.2 Å². The number of halogens is 1. The molecular formula is C25H21ClN4OS. The molecule has 5 nitrogen and oxygen atoms in total. The highest BCUT2D eigenvalue weighted by Crippen LogP contribution is 2.41. The predicted octanol–water partition coefficient (Wildman–Crippen LogP) is 5.87. The van der Waals surface area contributed by atoms with Gasteiger partial charge in [-0.3, -0.25) is 9.97 Å². The lowest BCUT2D eigenvalue weighted by Crippen LogP contribution is -2.29. The summed E-state index contributed by atoms with van der Waals surface area (Å²) in [5.74, 6) is 1.58. The fraction of sp³-hybridized carbons (Fsp3) is 0.160. The van der Waals surface area contributed by atoms with Gasteiger partial charge in [-0.05, 0) is 73.2 Å². The number of benzene rings is 1. The van der Waals surface area contributed by atoms with Gasteiger partial charge in [-0.25, -0.2) is 0 Å². The summed E-state index contributed by atoms with van der Waals surface area (Å²) < 4.78 is 6.41. The molecule has 160 valence electrons. The number of hydrogen-bond acceptors (Lipinski definition) is 4. The summed E-state index contributed by atoms with van der Waals surface area (Å²) in [5, 5.41) is 4.77. The Kier molecular flexibility index (Phi) is 5.64. The van der Waals surface area contributed by atoms with E-state index in [-0.39, 0.29) is 12.1 Å². The highest BCUT2D eigenvalue weighted by Gasteiger charge is 2.41. The molecule has 1 N–H and O–H groups in total. The maximum absolute atomic E-state index is 6.41. The molecule has 0 unspecified atom stereocenters. The first-order valence-electron chi connectivity index (χ1n) is 10.3. The summed E-state index contributed by atoms with van der Waals surface area (Å²) >= 11 is 12.0. The summed E-state index contributed by atoms with van der Waals surface area (Å²) in [5.41, 5.74) is 3.91. The Hall–Kier alpha value is -3.22. The molecule has 1 fully saturated rings. The van der Waals surface area contributed by atoms with E-state index in [4.69, 9.17) is 28.2 Å². The van der Waals surface area contributed by atoms with Gasteiger partial charge in [0.2, 0.25) is 0 Å². The summed E-state index contributed by atoms with van der Waals surface area (Å²) in [4.78, 5) is 11.2. The monoisotopic (exact) mass is 460 g/mol. The molecule has 2 atom stereocenters. The van der Waals surface area contributed by atoms with E-state index < -0.39 is 0 Å². The van der Waals surface area contributed by atoms with Crippen LogP contribution in [0, 0.1) is 6.92 Å². The number of hydrogen-bond donors (Lipinski definition) is 1. The molecular weight excluding hydrogens is 440 g/mol. The topological polar surface area (TPSA) is 54.2 Å². The molecule has 0 saturated carbocycles. The quantitative estimate of drug-likeness (QED) is 0.376. The van der Waals surface area contributed by atoms with Gasteiger partial charge in [0, 0.05) is 23.0 Å². The van der Waals surface area contributed by atoms with Gasteiger partial charge in [0.25, 0.3) is 0 Å². The lowest BCUT2D eigenvalue weighted by atomic mass is 10.0. The molecule has 1 aliphatic rings. The third kappa shape index (κ3) is 3.99. The third-order valence-corrected chi connectivity index (χ3v) is 6.23. The van der Waals surface area contributed by atoms with Crippen LogP contribution in [0.25, 0.3) is 11.3 Å². The van der Waals surface area contributed by atoms with Crippen LogP contribution in [-0.2, 0) is 6.54 Å². The van der Waals surface area contributed by atoms with E-state index in [2.05, 4.69) is 20.2 Å². The smallest absolute Gasteiger partial charge is 0.170 e. The van der Waals surface area contributed by atoms with Crippen molar-refractivity contribution in [2.75, 3.05) is 0 Å². The van der Waals surface area contributed by atoms with Crippen LogP contribution in [0.1, 0.15) is 34.8 Å². The molecule has 4 aromatic rings. The number of aromatic nitrogens is 2. The van der Waals surface area contributed by atoms with E-state index in [1.807, 2.05) is 73.7 Å². The fourth-order valence-corrected chi connectivity index (χ4v) is 4.54. The predicted molar refractivity (Wildman–Crippen MR) is 129 cm³/mol. The lowest BCUT2D eigenvalue weighted by molar-refractivity contribution is 0.267. The average Bonchev–Trinajstić information content (AvgIpc) is 3.42. The molecule has 32 heavy (non-hydrogen) atoms. The fourth-order valence-electron chi connectivity index (χ4n) is 4.07. The first-order valence-corrected chi connectivity index (χ1v) is 11.1. The van der Waals surface area contributed by atoms with E-state index >= 15 is 0 Å². The zero-order chi connectivity index (χ0) is 22.1. The second kappa shape index (κ2) is 8.73. The molecule has 0 aliphatic carbocycles. The van der Waals surface area contributed by atoms with Crippen LogP contribution in [-0.4, -0.2) is 20.0 Å². The number of pyridine rings is 2. The second-order valence-corrected chi connectivity index (χ2v) is 8.56. The number of rotatable bonds is 5. The van der Waals surface area contributed by atoms with Gasteiger partial charge in [-0.15, -0.1) is 0 Å². The molecule has 3 aromatic heterocycles. The SMILES string of the molecule is Cc1ccc(Cl)cc1-c1ccc([C@H]2[C@H](c3ccccn3)NC(=S)N2Cc2ccccn2)o1. The number of nitrogens with zero attached hydrogens (tertiary/aromatic N) is 3. The summed E-state index contributed by atoms with van der Waals surface area (Å²) in [7, 11) is 0. The van der Waals surface area contributed by atoms with Gasteiger partial charge < -0.3 is 14.6 Å². The minimum absolute atomic E-state index is 0.146. The highest BCUT2D eigenvalue weighted by molar-refractivity contribution is 7.80. The maximum atomic E-state index is 6.41. The number of nitrogens with one attached hydrogen (secondary N) is 1. The average molecular weight is 461 g/mol. The number of thiocarbonyl (C=S) groups is 1. The van der Waals surface area contributed by atoms with Crippen molar-refractivity contribution in [1.29, 1.82) is 0 Å². The summed E-state index contributed by atoms with van der Waals surface area (Å²) in [6, 6.07) is 21.3.